The lowest BCUT2D eigenvalue weighted by Crippen LogP contribution is -2.31. The minimum Gasteiger partial charge on any atom is -0.478 e. The van der Waals surface area contributed by atoms with Gasteiger partial charge in [-0.3, -0.25) is 9.59 Å². The monoisotopic (exact) mass is 250 g/mol. The molecular weight excluding hydrogens is 236 g/mol. The quantitative estimate of drug-likeness (QED) is 0.735. The number of nitrogens with one attached hydrogen (secondary N) is 2. The molecule has 6 heteroatoms. The third-order valence-electron chi connectivity index (χ3n) is 2.34. The molecule has 0 aliphatic rings. The molecule has 96 valence electrons. The van der Waals surface area contributed by atoms with Crippen molar-refractivity contribution in [1.82, 2.24) is 5.32 Å². The molecule has 0 aliphatic heterocycles. The fourth-order valence-electron chi connectivity index (χ4n) is 1.40. The summed E-state index contributed by atoms with van der Waals surface area (Å²) < 4.78 is 0. The van der Waals surface area contributed by atoms with Crippen molar-refractivity contribution in [3.05, 3.63) is 29.3 Å². The highest BCUT2D eigenvalue weighted by atomic mass is 16.4. The highest BCUT2D eigenvalue weighted by Crippen LogP contribution is 2.18. The lowest BCUT2D eigenvalue weighted by Gasteiger charge is -2.10. The van der Waals surface area contributed by atoms with E-state index >= 15 is 0 Å². The van der Waals surface area contributed by atoms with Gasteiger partial charge in [-0.1, -0.05) is 6.07 Å². The maximum atomic E-state index is 11.5. The molecule has 1 aromatic rings. The second-order valence-corrected chi connectivity index (χ2v) is 3.74. The lowest BCUT2D eigenvalue weighted by molar-refractivity contribution is -0.122. The third-order valence-corrected chi connectivity index (χ3v) is 2.34. The van der Waals surface area contributed by atoms with Crippen LogP contribution in [-0.4, -0.2) is 29.4 Å². The molecule has 0 saturated carbocycles. The summed E-state index contributed by atoms with van der Waals surface area (Å²) in [6.07, 6.45) is 0. The fraction of sp³-hybridized carbons (Fsp3) is 0.250. The normalized spacial score (nSPS) is 9.67. The van der Waals surface area contributed by atoms with Gasteiger partial charge in [0.15, 0.2) is 0 Å². The molecule has 0 fully saturated rings. The molecule has 0 aromatic heterocycles. The molecule has 1 aromatic carbocycles. The van der Waals surface area contributed by atoms with Crippen LogP contribution >= 0.6 is 0 Å². The number of aromatic carboxylic acids is 1. The highest BCUT2D eigenvalue weighted by Gasteiger charge is 2.11. The van der Waals surface area contributed by atoms with Gasteiger partial charge in [0, 0.05) is 12.6 Å². The van der Waals surface area contributed by atoms with E-state index in [1.54, 1.807) is 19.1 Å². The van der Waals surface area contributed by atoms with Gasteiger partial charge < -0.3 is 15.7 Å². The molecule has 0 atom stereocenters. The average Bonchev–Trinajstić information content (AvgIpc) is 2.29. The second-order valence-electron chi connectivity index (χ2n) is 3.74. The molecule has 3 N–H and O–H groups in total. The van der Waals surface area contributed by atoms with Crippen LogP contribution in [-0.2, 0) is 9.59 Å². The summed E-state index contributed by atoms with van der Waals surface area (Å²) in [6, 6.07) is 4.61. The lowest BCUT2D eigenvalue weighted by atomic mass is 10.1. The molecule has 0 bridgehead atoms. The molecule has 0 spiro atoms. The second kappa shape index (κ2) is 5.81. The molecule has 2 amide bonds. The number of benzene rings is 1. The third kappa shape index (κ3) is 3.58. The van der Waals surface area contributed by atoms with Crippen LogP contribution in [0.1, 0.15) is 22.8 Å². The van der Waals surface area contributed by atoms with Crippen LogP contribution in [0.15, 0.2) is 18.2 Å². The SMILES string of the molecule is CC(=O)NCC(=O)Nc1cccc(C(=O)O)c1C. The van der Waals surface area contributed by atoms with Gasteiger partial charge in [-0.2, -0.15) is 0 Å². The summed E-state index contributed by atoms with van der Waals surface area (Å²) >= 11 is 0. The molecule has 0 radical (unpaired) electrons. The van der Waals surface area contributed by atoms with E-state index in [9.17, 15) is 14.4 Å². The van der Waals surface area contributed by atoms with Crippen LogP contribution < -0.4 is 10.6 Å². The number of carbonyl (C=O) groups excluding carboxylic acids is 2. The van der Waals surface area contributed by atoms with Crippen LogP contribution in [0.5, 0.6) is 0 Å². The van der Waals surface area contributed by atoms with Gasteiger partial charge in [0.25, 0.3) is 0 Å². The number of carboxylic acid groups (broad SMARTS) is 1. The van der Waals surface area contributed by atoms with Gasteiger partial charge in [0.05, 0.1) is 12.1 Å². The summed E-state index contributed by atoms with van der Waals surface area (Å²) in [4.78, 5) is 33.0. The van der Waals surface area contributed by atoms with E-state index in [1.165, 1.54) is 13.0 Å². The van der Waals surface area contributed by atoms with E-state index in [-0.39, 0.29) is 18.0 Å². The first-order valence-electron chi connectivity index (χ1n) is 5.29. The predicted molar refractivity (Wildman–Crippen MR) is 65.5 cm³/mol. The Bertz CT molecular complexity index is 497. The van der Waals surface area contributed by atoms with Crippen molar-refractivity contribution < 1.29 is 19.5 Å². The zero-order valence-electron chi connectivity index (χ0n) is 10.1. The van der Waals surface area contributed by atoms with Crippen LogP contribution in [0.2, 0.25) is 0 Å². The van der Waals surface area contributed by atoms with Crippen molar-refractivity contribution >= 4 is 23.5 Å². The topological polar surface area (TPSA) is 95.5 Å². The minimum atomic E-state index is -1.05. The first kappa shape index (κ1) is 13.7. The first-order valence-corrected chi connectivity index (χ1v) is 5.29. The molecule has 18 heavy (non-hydrogen) atoms. The van der Waals surface area contributed by atoms with E-state index in [2.05, 4.69) is 10.6 Å². The Morgan fingerprint density at radius 2 is 1.94 bits per heavy atom. The zero-order valence-corrected chi connectivity index (χ0v) is 10.1. The average molecular weight is 250 g/mol. The number of rotatable bonds is 4. The summed E-state index contributed by atoms with van der Waals surface area (Å²) in [6.45, 7) is 2.77. The van der Waals surface area contributed by atoms with E-state index < -0.39 is 11.9 Å². The maximum absolute atomic E-state index is 11.5. The van der Waals surface area contributed by atoms with Crippen molar-refractivity contribution in [2.45, 2.75) is 13.8 Å². The van der Waals surface area contributed by atoms with E-state index in [1.807, 2.05) is 0 Å². The van der Waals surface area contributed by atoms with Gasteiger partial charge in [0.2, 0.25) is 11.8 Å². The number of hydrogen-bond acceptors (Lipinski definition) is 3. The Morgan fingerprint density at radius 1 is 1.28 bits per heavy atom. The van der Waals surface area contributed by atoms with E-state index in [0.717, 1.165) is 0 Å². The largest absolute Gasteiger partial charge is 0.478 e. The molecule has 0 saturated heterocycles. The zero-order chi connectivity index (χ0) is 13.7. The predicted octanol–water partition coefficient (Wildman–Crippen LogP) is 0.768. The molecule has 0 unspecified atom stereocenters. The number of amides is 2. The Labute approximate surface area is 104 Å². The van der Waals surface area contributed by atoms with Gasteiger partial charge in [-0.25, -0.2) is 4.79 Å². The van der Waals surface area contributed by atoms with E-state index in [4.69, 9.17) is 5.11 Å². The Hall–Kier alpha value is -2.37. The van der Waals surface area contributed by atoms with Crippen molar-refractivity contribution in [2.75, 3.05) is 11.9 Å². The van der Waals surface area contributed by atoms with Crippen LogP contribution in [0.4, 0.5) is 5.69 Å². The summed E-state index contributed by atoms with van der Waals surface area (Å²) in [5.74, 6) is -1.76. The molecule has 6 nitrogen and oxygen atoms in total. The number of carbonyl (C=O) groups is 3. The standard InChI is InChI=1S/C12H14N2O4/c1-7-9(12(17)18)4-3-5-10(7)14-11(16)6-13-8(2)15/h3-5H,6H2,1-2H3,(H,13,15)(H,14,16)(H,17,18). The van der Waals surface area contributed by atoms with Crippen LogP contribution in [0, 0.1) is 6.92 Å². The molecule has 0 aliphatic carbocycles. The maximum Gasteiger partial charge on any atom is 0.336 e. The van der Waals surface area contributed by atoms with Gasteiger partial charge in [-0.05, 0) is 24.6 Å². The van der Waals surface area contributed by atoms with Crippen molar-refractivity contribution in [3.63, 3.8) is 0 Å². The first-order chi connectivity index (χ1) is 8.41. The Balaban J connectivity index is 2.79. The van der Waals surface area contributed by atoms with Crippen molar-refractivity contribution in [2.24, 2.45) is 0 Å². The minimum absolute atomic E-state index is 0.132. The van der Waals surface area contributed by atoms with Gasteiger partial charge in [-0.15, -0.1) is 0 Å². The smallest absolute Gasteiger partial charge is 0.336 e. The molecule has 0 heterocycles. The number of anilines is 1. The summed E-state index contributed by atoms with van der Waals surface area (Å²) in [5, 5.41) is 13.8. The van der Waals surface area contributed by atoms with Crippen LogP contribution in [0.25, 0.3) is 0 Å². The summed E-state index contributed by atoms with van der Waals surface area (Å²) in [7, 11) is 0. The highest BCUT2D eigenvalue weighted by molar-refractivity contribution is 5.97. The van der Waals surface area contributed by atoms with Gasteiger partial charge >= 0.3 is 5.97 Å². The Morgan fingerprint density at radius 3 is 2.50 bits per heavy atom. The van der Waals surface area contributed by atoms with Crippen LogP contribution in [0.3, 0.4) is 0 Å². The Kier molecular flexibility index (Phi) is 4.42. The molecular formula is C12H14N2O4. The van der Waals surface area contributed by atoms with Gasteiger partial charge in [0.1, 0.15) is 0 Å². The van der Waals surface area contributed by atoms with E-state index in [0.29, 0.717) is 11.3 Å². The van der Waals surface area contributed by atoms with Crippen molar-refractivity contribution in [3.8, 4) is 0 Å². The summed E-state index contributed by atoms with van der Waals surface area (Å²) in [5.41, 5.74) is 1.03. The fourth-order valence-corrected chi connectivity index (χ4v) is 1.40. The number of hydrogen-bond donors (Lipinski definition) is 3. The number of carboxylic acids is 1. The van der Waals surface area contributed by atoms with Crippen molar-refractivity contribution in [1.29, 1.82) is 0 Å². The molecule has 1 rings (SSSR count).